The van der Waals surface area contributed by atoms with E-state index in [0.29, 0.717) is 30.8 Å². The number of hydrogen-bond acceptors (Lipinski definition) is 7. The van der Waals surface area contributed by atoms with Gasteiger partial charge in [-0.3, -0.25) is 19.7 Å². The van der Waals surface area contributed by atoms with E-state index in [1.54, 1.807) is 29.6 Å². The van der Waals surface area contributed by atoms with Gasteiger partial charge in [-0.25, -0.2) is 4.79 Å². The Hall–Kier alpha value is -3.23. The van der Waals surface area contributed by atoms with Crippen molar-refractivity contribution in [2.24, 2.45) is 5.73 Å². The average molecular weight is 398 g/mol. The van der Waals surface area contributed by atoms with Crippen LogP contribution in [0.4, 0.5) is 10.5 Å². The molecule has 9 heteroatoms. The third kappa shape index (κ3) is 5.63. The quantitative estimate of drug-likeness (QED) is 0.789. The summed E-state index contributed by atoms with van der Waals surface area (Å²) in [6.07, 6.45) is 7.25. The summed E-state index contributed by atoms with van der Waals surface area (Å²) in [6, 6.07) is 1.78. The highest BCUT2D eigenvalue weighted by molar-refractivity contribution is 5.98. The van der Waals surface area contributed by atoms with Crippen molar-refractivity contribution in [3.8, 4) is 0 Å². The lowest BCUT2D eigenvalue weighted by atomic mass is 10.1. The Morgan fingerprint density at radius 3 is 2.69 bits per heavy atom. The van der Waals surface area contributed by atoms with E-state index in [0.717, 1.165) is 17.8 Å². The maximum atomic E-state index is 12.3. The molecule has 2 aromatic heterocycles. The Bertz CT molecular complexity index is 882. The number of nitrogens with zero attached hydrogens (tertiary/aromatic N) is 4. The SMILES string of the molecule is CC(C)(C)OC(=O)N1CC[C@@H](Nc2cc(Cc3cnccn3)ncc2C(N)=O)C1. The number of anilines is 1. The van der Waals surface area contributed by atoms with Crippen molar-refractivity contribution in [3.05, 3.63) is 47.8 Å². The lowest BCUT2D eigenvalue weighted by Gasteiger charge is -2.24. The van der Waals surface area contributed by atoms with Gasteiger partial charge < -0.3 is 20.7 Å². The number of nitrogens with one attached hydrogen (secondary N) is 1. The Balaban J connectivity index is 1.71. The minimum atomic E-state index is -0.562. The van der Waals surface area contributed by atoms with E-state index >= 15 is 0 Å². The number of carbonyl (C=O) groups excluding carboxylic acids is 2. The number of nitrogens with two attached hydrogens (primary N) is 1. The molecular weight excluding hydrogens is 372 g/mol. The van der Waals surface area contributed by atoms with Crippen molar-refractivity contribution in [1.82, 2.24) is 19.9 Å². The smallest absolute Gasteiger partial charge is 0.410 e. The predicted molar refractivity (Wildman–Crippen MR) is 107 cm³/mol. The largest absolute Gasteiger partial charge is 0.444 e. The highest BCUT2D eigenvalue weighted by atomic mass is 16.6. The van der Waals surface area contributed by atoms with Gasteiger partial charge in [-0.05, 0) is 33.3 Å². The van der Waals surface area contributed by atoms with E-state index in [1.165, 1.54) is 6.20 Å². The molecule has 0 saturated carbocycles. The van der Waals surface area contributed by atoms with E-state index in [9.17, 15) is 9.59 Å². The van der Waals surface area contributed by atoms with Crippen molar-refractivity contribution >= 4 is 17.7 Å². The lowest BCUT2D eigenvalue weighted by molar-refractivity contribution is 0.0293. The molecule has 0 bridgehead atoms. The first kappa shape index (κ1) is 20.5. The number of primary amides is 1. The van der Waals surface area contributed by atoms with Gasteiger partial charge in [0.05, 0.1) is 16.9 Å². The second kappa shape index (κ2) is 8.42. The van der Waals surface area contributed by atoms with Gasteiger partial charge in [0.15, 0.2) is 0 Å². The van der Waals surface area contributed by atoms with Crippen molar-refractivity contribution in [2.45, 2.75) is 45.3 Å². The third-order valence-electron chi connectivity index (χ3n) is 4.40. The van der Waals surface area contributed by atoms with Crippen LogP contribution in [0.3, 0.4) is 0 Å². The molecule has 1 saturated heterocycles. The fraction of sp³-hybridized carbons (Fsp3) is 0.450. The average Bonchev–Trinajstić information content (AvgIpc) is 3.10. The van der Waals surface area contributed by atoms with Gasteiger partial charge in [-0.2, -0.15) is 0 Å². The minimum Gasteiger partial charge on any atom is -0.444 e. The Kier molecular flexibility index (Phi) is 5.95. The number of amides is 2. The van der Waals surface area contributed by atoms with Crippen LogP contribution in [0.25, 0.3) is 0 Å². The van der Waals surface area contributed by atoms with Gasteiger partial charge in [0.2, 0.25) is 0 Å². The summed E-state index contributed by atoms with van der Waals surface area (Å²) >= 11 is 0. The molecule has 0 aromatic carbocycles. The summed E-state index contributed by atoms with van der Waals surface area (Å²) in [7, 11) is 0. The molecule has 1 atom stereocenters. The van der Waals surface area contributed by atoms with E-state index < -0.39 is 11.5 Å². The molecule has 3 rings (SSSR count). The molecule has 3 N–H and O–H groups in total. The van der Waals surface area contributed by atoms with Crippen LogP contribution in [0.1, 0.15) is 48.9 Å². The molecule has 2 amide bonds. The topological polar surface area (TPSA) is 123 Å². The van der Waals surface area contributed by atoms with Crippen LogP contribution >= 0.6 is 0 Å². The van der Waals surface area contributed by atoms with E-state index in [4.69, 9.17) is 10.5 Å². The first-order valence-corrected chi connectivity index (χ1v) is 9.49. The zero-order valence-electron chi connectivity index (χ0n) is 16.9. The lowest BCUT2D eigenvalue weighted by Crippen LogP contribution is -2.36. The van der Waals surface area contributed by atoms with Gasteiger partial charge >= 0.3 is 6.09 Å². The zero-order valence-corrected chi connectivity index (χ0v) is 16.9. The summed E-state index contributed by atoms with van der Waals surface area (Å²) in [6.45, 7) is 6.58. The predicted octanol–water partition coefficient (Wildman–Crippen LogP) is 1.98. The maximum Gasteiger partial charge on any atom is 0.410 e. The Morgan fingerprint density at radius 2 is 2.03 bits per heavy atom. The molecule has 1 aliphatic rings. The van der Waals surface area contributed by atoms with Gasteiger partial charge in [0.1, 0.15) is 5.60 Å². The molecule has 29 heavy (non-hydrogen) atoms. The standard InChI is InChI=1S/C20H26N6O3/c1-20(2,3)29-19(28)26-7-4-13(12-26)25-17-9-14(24-11-16(17)18(21)27)8-15-10-22-5-6-23-15/h5-6,9-11,13H,4,7-8,12H2,1-3H3,(H2,21,27)(H,24,25)/t13-/m1/s1. The monoisotopic (exact) mass is 398 g/mol. The number of hydrogen-bond donors (Lipinski definition) is 2. The summed E-state index contributed by atoms with van der Waals surface area (Å²) < 4.78 is 5.43. The van der Waals surface area contributed by atoms with Gasteiger partial charge in [0, 0.05) is 56.0 Å². The number of pyridine rings is 1. The molecule has 1 aliphatic heterocycles. The number of likely N-dealkylation sites (tertiary alicyclic amines) is 1. The molecule has 0 aliphatic carbocycles. The van der Waals surface area contributed by atoms with Crippen LogP contribution < -0.4 is 11.1 Å². The molecule has 154 valence electrons. The third-order valence-corrected chi connectivity index (χ3v) is 4.40. The molecule has 9 nitrogen and oxygen atoms in total. The normalized spacial score (nSPS) is 16.5. The minimum absolute atomic E-state index is 0.0209. The molecule has 1 fully saturated rings. The van der Waals surface area contributed by atoms with Crippen molar-refractivity contribution in [3.63, 3.8) is 0 Å². The Morgan fingerprint density at radius 1 is 1.24 bits per heavy atom. The maximum absolute atomic E-state index is 12.3. The highest BCUT2D eigenvalue weighted by Gasteiger charge is 2.30. The van der Waals surface area contributed by atoms with Crippen LogP contribution in [0, 0.1) is 0 Å². The Labute approximate surface area is 169 Å². The number of ether oxygens (including phenoxy) is 1. The highest BCUT2D eigenvalue weighted by Crippen LogP contribution is 2.22. The molecule has 0 spiro atoms. The van der Waals surface area contributed by atoms with Gasteiger partial charge in [-0.15, -0.1) is 0 Å². The second-order valence-electron chi connectivity index (χ2n) is 8.02. The fourth-order valence-corrected chi connectivity index (χ4v) is 3.11. The van der Waals surface area contributed by atoms with E-state index in [1.807, 2.05) is 20.8 Å². The van der Waals surface area contributed by atoms with E-state index in [2.05, 4.69) is 20.3 Å². The van der Waals surface area contributed by atoms with Crippen LogP contribution in [0.15, 0.2) is 30.9 Å². The first-order chi connectivity index (χ1) is 13.7. The molecule has 3 heterocycles. The molecule has 2 aromatic rings. The molecule has 0 unspecified atom stereocenters. The number of rotatable bonds is 5. The summed E-state index contributed by atoms with van der Waals surface area (Å²) in [5.41, 5.74) is 7.39. The zero-order chi connectivity index (χ0) is 21.0. The van der Waals surface area contributed by atoms with Crippen LogP contribution in [0.5, 0.6) is 0 Å². The summed E-state index contributed by atoms with van der Waals surface area (Å²) in [5.74, 6) is -0.562. The van der Waals surface area contributed by atoms with E-state index in [-0.39, 0.29) is 12.1 Å². The number of carbonyl (C=O) groups is 2. The second-order valence-corrected chi connectivity index (χ2v) is 8.02. The van der Waals surface area contributed by atoms with Crippen LogP contribution in [-0.4, -0.2) is 56.6 Å². The fourth-order valence-electron chi connectivity index (χ4n) is 3.11. The van der Waals surface area contributed by atoms with Crippen molar-refractivity contribution < 1.29 is 14.3 Å². The van der Waals surface area contributed by atoms with Crippen molar-refractivity contribution in [1.29, 1.82) is 0 Å². The van der Waals surface area contributed by atoms with Crippen LogP contribution in [-0.2, 0) is 11.2 Å². The van der Waals surface area contributed by atoms with Crippen molar-refractivity contribution in [2.75, 3.05) is 18.4 Å². The first-order valence-electron chi connectivity index (χ1n) is 9.49. The van der Waals surface area contributed by atoms with Gasteiger partial charge in [-0.1, -0.05) is 0 Å². The summed E-state index contributed by atoms with van der Waals surface area (Å²) in [4.78, 5) is 38.4. The van der Waals surface area contributed by atoms with Gasteiger partial charge in [0.25, 0.3) is 5.91 Å². The molecular formula is C20H26N6O3. The number of aromatic nitrogens is 3. The molecule has 0 radical (unpaired) electrons. The summed E-state index contributed by atoms with van der Waals surface area (Å²) in [5, 5.41) is 3.34. The van der Waals surface area contributed by atoms with Crippen LogP contribution in [0.2, 0.25) is 0 Å².